The van der Waals surface area contributed by atoms with Crippen LogP contribution >= 0.6 is 11.8 Å². The Morgan fingerprint density at radius 1 is 1.22 bits per heavy atom. The molecule has 0 aliphatic rings. The van der Waals surface area contributed by atoms with E-state index >= 15 is 0 Å². The fourth-order valence-corrected chi connectivity index (χ4v) is 3.85. The van der Waals surface area contributed by atoms with Gasteiger partial charge in [-0.15, -0.1) is 0 Å². The number of carbonyl (C=O) groups excluding carboxylic acids is 1. The highest BCUT2D eigenvalue weighted by Gasteiger charge is 2.18. The Balaban J connectivity index is 2.08. The topological polar surface area (TPSA) is 90.8 Å². The molecule has 2 aromatic carbocycles. The van der Waals surface area contributed by atoms with E-state index in [4.69, 9.17) is 0 Å². The summed E-state index contributed by atoms with van der Waals surface area (Å²) in [6, 6.07) is 13.3. The third-order valence-electron chi connectivity index (χ3n) is 4.42. The van der Waals surface area contributed by atoms with Crippen molar-refractivity contribution in [1.29, 1.82) is 0 Å². The van der Waals surface area contributed by atoms with Crippen molar-refractivity contribution in [3.05, 3.63) is 63.9 Å². The number of thioether (sulfide) groups is 1. The molecule has 4 aromatic rings. The molecule has 0 aliphatic heterocycles. The molecule has 0 radical (unpaired) electrons. The van der Waals surface area contributed by atoms with Gasteiger partial charge in [-0.25, -0.2) is 4.98 Å². The lowest BCUT2D eigenvalue weighted by Crippen LogP contribution is -2.26. The molecule has 0 unspecified atom stereocenters. The number of aliphatic carboxylic acids is 1. The molecule has 1 N–H and O–H groups in total. The Morgan fingerprint density at radius 3 is 2.78 bits per heavy atom. The number of aryl methyl sites for hydroxylation is 2. The van der Waals surface area contributed by atoms with Gasteiger partial charge in [-0.05, 0) is 37.1 Å². The first-order chi connectivity index (χ1) is 13.0. The van der Waals surface area contributed by atoms with E-state index in [1.165, 1.54) is 4.57 Å². The van der Waals surface area contributed by atoms with Gasteiger partial charge in [0.05, 0.1) is 11.7 Å². The number of H-pyrrole nitrogens is 1. The molecule has 2 heterocycles. The first kappa shape index (κ1) is 17.4. The summed E-state index contributed by atoms with van der Waals surface area (Å²) in [7, 11) is 0. The number of carboxylic acids is 1. The van der Waals surface area contributed by atoms with Crippen LogP contribution in [0, 0.1) is 13.8 Å². The zero-order valence-electron chi connectivity index (χ0n) is 14.8. The van der Waals surface area contributed by atoms with Crippen LogP contribution in [0.25, 0.3) is 27.6 Å². The van der Waals surface area contributed by atoms with E-state index in [-0.39, 0.29) is 11.3 Å². The number of para-hydroxylation sites is 1. The molecule has 2 aromatic heterocycles. The number of fused-ring (bicyclic) bond motifs is 3. The van der Waals surface area contributed by atoms with Crippen LogP contribution in [0.4, 0.5) is 0 Å². The Hall–Kier alpha value is -3.06. The number of benzene rings is 2. The van der Waals surface area contributed by atoms with Gasteiger partial charge in [0.2, 0.25) is 0 Å². The summed E-state index contributed by atoms with van der Waals surface area (Å²) < 4.78 is 1.48. The van der Waals surface area contributed by atoms with Crippen LogP contribution < -0.4 is 10.7 Å². The zero-order valence-corrected chi connectivity index (χ0v) is 15.6. The van der Waals surface area contributed by atoms with Gasteiger partial charge in [0, 0.05) is 16.7 Å². The summed E-state index contributed by atoms with van der Waals surface area (Å²) in [4.78, 5) is 32.1. The van der Waals surface area contributed by atoms with Gasteiger partial charge in [-0.3, -0.25) is 9.36 Å². The monoisotopic (exact) mass is 378 g/mol. The van der Waals surface area contributed by atoms with Crippen LogP contribution in [0.15, 0.2) is 52.4 Å². The largest absolute Gasteiger partial charge is 0.549 e. The summed E-state index contributed by atoms with van der Waals surface area (Å²) in [5.74, 6) is -1.49. The molecule has 6 nitrogen and oxygen atoms in total. The molecule has 0 aliphatic carbocycles. The molecule has 0 amide bonds. The average molecular weight is 378 g/mol. The fourth-order valence-electron chi connectivity index (χ4n) is 3.14. The lowest BCUT2D eigenvalue weighted by Gasteiger charge is -2.15. The van der Waals surface area contributed by atoms with Gasteiger partial charge >= 0.3 is 0 Å². The maximum absolute atomic E-state index is 13.3. The first-order valence-corrected chi connectivity index (χ1v) is 9.38. The van der Waals surface area contributed by atoms with Gasteiger partial charge in [0.15, 0.2) is 5.16 Å². The number of carboxylic acid groups (broad SMARTS) is 1. The van der Waals surface area contributed by atoms with Crippen LogP contribution in [0.1, 0.15) is 11.1 Å². The number of hydrogen-bond acceptors (Lipinski definition) is 5. The molecule has 0 fully saturated rings. The second-order valence-corrected chi connectivity index (χ2v) is 7.32. The predicted octanol–water partition coefficient (Wildman–Crippen LogP) is 2.33. The fraction of sp³-hybridized carbons (Fsp3) is 0.150. The van der Waals surface area contributed by atoms with Crippen LogP contribution in [-0.4, -0.2) is 26.3 Å². The molecule has 0 atom stereocenters. The molecular formula is C20H16N3O3S-. The third kappa shape index (κ3) is 3.00. The molecule has 7 heteroatoms. The van der Waals surface area contributed by atoms with Crippen molar-refractivity contribution in [2.24, 2.45) is 0 Å². The summed E-state index contributed by atoms with van der Waals surface area (Å²) >= 11 is 0.981. The maximum atomic E-state index is 13.3. The van der Waals surface area contributed by atoms with E-state index in [2.05, 4.69) is 9.97 Å². The Bertz CT molecular complexity index is 1260. The highest BCUT2D eigenvalue weighted by atomic mass is 32.2. The van der Waals surface area contributed by atoms with E-state index in [9.17, 15) is 14.7 Å². The molecule has 0 saturated heterocycles. The van der Waals surface area contributed by atoms with Crippen LogP contribution in [0.3, 0.4) is 0 Å². The van der Waals surface area contributed by atoms with Crippen molar-refractivity contribution < 1.29 is 9.90 Å². The quantitative estimate of drug-likeness (QED) is 0.435. The highest BCUT2D eigenvalue weighted by molar-refractivity contribution is 7.99. The molecular weight excluding hydrogens is 362 g/mol. The van der Waals surface area contributed by atoms with E-state index in [1.807, 2.05) is 56.3 Å². The first-order valence-electron chi connectivity index (χ1n) is 8.39. The molecule has 0 bridgehead atoms. The smallest absolute Gasteiger partial charge is 0.283 e. The summed E-state index contributed by atoms with van der Waals surface area (Å²) in [6.07, 6.45) is 0. The second-order valence-electron chi connectivity index (χ2n) is 6.38. The van der Waals surface area contributed by atoms with Gasteiger partial charge < -0.3 is 14.9 Å². The minimum Gasteiger partial charge on any atom is -0.549 e. The standard InChI is InChI=1S/C20H17N3O3S/c1-11-7-8-12(2)15(9-11)23-19(26)18-17(22-20(23)27-10-16(24)25)13-5-3-4-6-14(13)21-18/h3-9,21H,10H2,1-2H3,(H,24,25)/p-1. The van der Waals surface area contributed by atoms with Crippen molar-refractivity contribution in [2.75, 3.05) is 5.75 Å². The molecule has 4 rings (SSSR count). The van der Waals surface area contributed by atoms with E-state index in [0.717, 1.165) is 33.8 Å². The normalized spacial score (nSPS) is 11.3. The average Bonchev–Trinajstić information content (AvgIpc) is 3.01. The van der Waals surface area contributed by atoms with Gasteiger partial charge in [0.1, 0.15) is 11.0 Å². The number of aromatic nitrogens is 3. The third-order valence-corrected chi connectivity index (χ3v) is 5.33. The number of carbonyl (C=O) groups is 1. The van der Waals surface area contributed by atoms with Gasteiger partial charge in [0.25, 0.3) is 5.56 Å². The highest BCUT2D eigenvalue weighted by Crippen LogP contribution is 2.27. The molecule has 0 spiro atoms. The van der Waals surface area contributed by atoms with Crippen molar-refractivity contribution in [3.63, 3.8) is 0 Å². The lowest BCUT2D eigenvalue weighted by atomic mass is 10.1. The zero-order chi connectivity index (χ0) is 19.1. The van der Waals surface area contributed by atoms with Crippen LogP contribution in [-0.2, 0) is 4.79 Å². The van der Waals surface area contributed by atoms with E-state index in [0.29, 0.717) is 21.9 Å². The van der Waals surface area contributed by atoms with E-state index in [1.54, 1.807) is 0 Å². The second kappa shape index (κ2) is 6.59. The van der Waals surface area contributed by atoms with Crippen molar-refractivity contribution in [3.8, 4) is 5.69 Å². The van der Waals surface area contributed by atoms with E-state index < -0.39 is 5.97 Å². The number of hydrogen-bond donors (Lipinski definition) is 1. The number of nitrogens with zero attached hydrogens (tertiary/aromatic N) is 2. The van der Waals surface area contributed by atoms with Gasteiger partial charge in [-0.2, -0.15) is 0 Å². The maximum Gasteiger partial charge on any atom is 0.283 e. The van der Waals surface area contributed by atoms with Crippen molar-refractivity contribution >= 4 is 39.7 Å². The Morgan fingerprint density at radius 2 is 2.00 bits per heavy atom. The van der Waals surface area contributed by atoms with Crippen molar-refractivity contribution in [2.45, 2.75) is 19.0 Å². The lowest BCUT2D eigenvalue weighted by molar-refractivity contribution is -0.301. The van der Waals surface area contributed by atoms with Gasteiger partial charge in [-0.1, -0.05) is 42.1 Å². The SMILES string of the molecule is Cc1ccc(C)c(-n2c(SCC(=O)[O-])nc3c([nH]c4ccccc43)c2=O)c1. The number of nitrogens with one attached hydrogen (secondary N) is 1. The number of rotatable bonds is 4. The molecule has 136 valence electrons. The Labute approximate surface area is 158 Å². The molecule has 27 heavy (non-hydrogen) atoms. The minimum atomic E-state index is -1.21. The van der Waals surface area contributed by atoms with Crippen molar-refractivity contribution in [1.82, 2.24) is 14.5 Å². The van der Waals surface area contributed by atoms with Crippen LogP contribution in [0.5, 0.6) is 0 Å². The summed E-state index contributed by atoms with van der Waals surface area (Å²) in [5.41, 5.74) is 4.07. The summed E-state index contributed by atoms with van der Waals surface area (Å²) in [5, 5.41) is 12.2. The molecule has 0 saturated carbocycles. The summed E-state index contributed by atoms with van der Waals surface area (Å²) in [6.45, 7) is 3.85. The van der Waals surface area contributed by atoms with Crippen LogP contribution in [0.2, 0.25) is 0 Å². The minimum absolute atomic E-state index is 0.259. The number of aromatic amines is 1. The predicted molar refractivity (Wildman–Crippen MR) is 104 cm³/mol. The Kier molecular flexibility index (Phi) is 4.24.